The summed E-state index contributed by atoms with van der Waals surface area (Å²) in [6.45, 7) is 3.89. The third-order valence-electron chi connectivity index (χ3n) is 3.79. The second kappa shape index (κ2) is 7.95. The average Bonchev–Trinajstić information content (AvgIpc) is 3.03. The van der Waals surface area contributed by atoms with E-state index in [-0.39, 0.29) is 17.7 Å². The molecule has 0 spiro atoms. The van der Waals surface area contributed by atoms with E-state index in [0.717, 1.165) is 5.56 Å². The molecule has 1 aliphatic rings. The number of benzene rings is 2. The minimum atomic E-state index is -0.505. The molecule has 1 heterocycles. The lowest BCUT2D eigenvalue weighted by Crippen LogP contribution is -2.06. The number of aliphatic imine (C=N–C) groups is 1. The molecule has 0 atom stereocenters. The van der Waals surface area contributed by atoms with Gasteiger partial charge in [0.15, 0.2) is 17.2 Å². The topological polar surface area (TPSA) is 66.3 Å². The first-order valence-electron chi connectivity index (χ1n) is 8.52. The van der Waals surface area contributed by atoms with Crippen LogP contribution in [0.4, 0.5) is 0 Å². The molecule has 0 radical (unpaired) electrons. The lowest BCUT2D eigenvalue weighted by Gasteiger charge is -2.13. The Kier molecular flexibility index (Phi) is 5.45. The maximum Gasteiger partial charge on any atom is 0.363 e. The zero-order valence-electron chi connectivity index (χ0n) is 15.7. The number of esters is 1. The first kappa shape index (κ1) is 18.5. The Labute approximate surface area is 158 Å². The Morgan fingerprint density at radius 1 is 1.04 bits per heavy atom. The van der Waals surface area contributed by atoms with Crippen LogP contribution >= 0.6 is 0 Å². The van der Waals surface area contributed by atoms with Crippen molar-refractivity contribution in [1.82, 2.24) is 0 Å². The van der Waals surface area contributed by atoms with Crippen LogP contribution in [0.15, 0.2) is 53.2 Å². The van der Waals surface area contributed by atoms with Gasteiger partial charge in [0, 0.05) is 5.56 Å². The van der Waals surface area contributed by atoms with Crippen molar-refractivity contribution in [2.45, 2.75) is 20.0 Å². The summed E-state index contributed by atoms with van der Waals surface area (Å²) in [5, 5.41) is 0. The SMILES string of the molecule is COc1cccc(C2=NC(=Cc3ccc(OC(C)C)c(OC)c3)C(=O)O2)c1. The van der Waals surface area contributed by atoms with Crippen molar-refractivity contribution in [3.63, 3.8) is 0 Å². The van der Waals surface area contributed by atoms with E-state index in [1.54, 1.807) is 44.6 Å². The molecule has 0 bridgehead atoms. The highest BCUT2D eigenvalue weighted by Gasteiger charge is 2.24. The van der Waals surface area contributed by atoms with Crippen LogP contribution in [0.25, 0.3) is 6.08 Å². The van der Waals surface area contributed by atoms with Gasteiger partial charge in [0.2, 0.25) is 5.90 Å². The van der Waals surface area contributed by atoms with Crippen LogP contribution in [0.5, 0.6) is 17.2 Å². The predicted molar refractivity (Wildman–Crippen MR) is 102 cm³/mol. The van der Waals surface area contributed by atoms with Gasteiger partial charge in [-0.2, -0.15) is 0 Å². The molecule has 0 amide bonds. The van der Waals surface area contributed by atoms with Gasteiger partial charge < -0.3 is 18.9 Å². The normalized spacial score (nSPS) is 14.9. The fourth-order valence-corrected chi connectivity index (χ4v) is 2.57. The summed E-state index contributed by atoms with van der Waals surface area (Å²) < 4.78 is 21.6. The van der Waals surface area contributed by atoms with Crippen LogP contribution in [0.3, 0.4) is 0 Å². The van der Waals surface area contributed by atoms with Gasteiger partial charge in [-0.3, -0.25) is 0 Å². The van der Waals surface area contributed by atoms with Crippen LogP contribution in [0.2, 0.25) is 0 Å². The van der Waals surface area contributed by atoms with E-state index in [9.17, 15) is 4.79 Å². The molecule has 0 saturated heterocycles. The zero-order valence-corrected chi connectivity index (χ0v) is 15.7. The number of hydrogen-bond acceptors (Lipinski definition) is 6. The number of ether oxygens (including phenoxy) is 4. The highest BCUT2D eigenvalue weighted by Crippen LogP contribution is 2.30. The quantitative estimate of drug-likeness (QED) is 0.573. The van der Waals surface area contributed by atoms with Crippen molar-refractivity contribution in [1.29, 1.82) is 0 Å². The molecule has 2 aromatic rings. The smallest absolute Gasteiger partial charge is 0.363 e. The number of carbonyl (C=O) groups excluding carboxylic acids is 1. The second-order valence-corrected chi connectivity index (χ2v) is 6.14. The lowest BCUT2D eigenvalue weighted by molar-refractivity contribution is -0.129. The Bertz CT molecular complexity index is 915. The third kappa shape index (κ3) is 4.28. The molecule has 140 valence electrons. The Morgan fingerprint density at radius 3 is 2.56 bits per heavy atom. The van der Waals surface area contributed by atoms with E-state index in [1.807, 2.05) is 32.0 Å². The van der Waals surface area contributed by atoms with Crippen molar-refractivity contribution < 1.29 is 23.7 Å². The number of nitrogens with zero attached hydrogens (tertiary/aromatic N) is 1. The van der Waals surface area contributed by atoms with Crippen LogP contribution in [0.1, 0.15) is 25.0 Å². The first-order valence-corrected chi connectivity index (χ1v) is 8.52. The van der Waals surface area contributed by atoms with Crippen molar-refractivity contribution in [2.24, 2.45) is 4.99 Å². The Hall–Kier alpha value is -3.28. The fourth-order valence-electron chi connectivity index (χ4n) is 2.57. The van der Waals surface area contributed by atoms with Gasteiger partial charge in [-0.15, -0.1) is 0 Å². The summed E-state index contributed by atoms with van der Waals surface area (Å²) >= 11 is 0. The van der Waals surface area contributed by atoms with E-state index in [1.165, 1.54) is 0 Å². The summed E-state index contributed by atoms with van der Waals surface area (Å²) in [6.07, 6.45) is 1.68. The minimum Gasteiger partial charge on any atom is -0.497 e. The molecule has 0 N–H and O–H groups in total. The van der Waals surface area contributed by atoms with Crippen LogP contribution < -0.4 is 14.2 Å². The first-order chi connectivity index (χ1) is 13.0. The van der Waals surface area contributed by atoms with E-state index < -0.39 is 5.97 Å². The fraction of sp³-hybridized carbons (Fsp3) is 0.238. The van der Waals surface area contributed by atoms with Gasteiger partial charge in [0.05, 0.1) is 20.3 Å². The van der Waals surface area contributed by atoms with Crippen molar-refractivity contribution >= 4 is 17.9 Å². The van der Waals surface area contributed by atoms with Gasteiger partial charge in [-0.05, 0) is 55.8 Å². The molecule has 0 aromatic heterocycles. The van der Waals surface area contributed by atoms with Gasteiger partial charge in [-0.25, -0.2) is 9.79 Å². The van der Waals surface area contributed by atoms with E-state index in [2.05, 4.69) is 4.99 Å². The molecule has 0 saturated carbocycles. The molecule has 6 nitrogen and oxygen atoms in total. The second-order valence-electron chi connectivity index (χ2n) is 6.14. The summed E-state index contributed by atoms with van der Waals surface area (Å²) in [4.78, 5) is 16.5. The molecule has 6 heteroatoms. The Morgan fingerprint density at radius 2 is 1.85 bits per heavy atom. The van der Waals surface area contributed by atoms with Crippen LogP contribution in [0, 0.1) is 0 Å². The molecular formula is C21H21NO5. The third-order valence-corrected chi connectivity index (χ3v) is 3.79. The summed E-state index contributed by atoms with van der Waals surface area (Å²) in [7, 11) is 3.15. The summed E-state index contributed by atoms with van der Waals surface area (Å²) in [6, 6.07) is 12.6. The summed E-state index contributed by atoms with van der Waals surface area (Å²) in [5.74, 6) is 1.63. The predicted octanol–water partition coefficient (Wildman–Crippen LogP) is 3.84. The molecule has 0 fully saturated rings. The van der Waals surface area contributed by atoms with E-state index in [4.69, 9.17) is 18.9 Å². The Balaban J connectivity index is 1.90. The molecule has 1 aliphatic heterocycles. The van der Waals surface area contributed by atoms with Crippen molar-refractivity contribution in [3.05, 3.63) is 59.3 Å². The number of cyclic esters (lactones) is 1. The molecule has 0 aliphatic carbocycles. The maximum atomic E-state index is 12.2. The van der Waals surface area contributed by atoms with Crippen LogP contribution in [-0.4, -0.2) is 32.2 Å². The van der Waals surface area contributed by atoms with Gasteiger partial charge in [-0.1, -0.05) is 12.1 Å². The molecule has 2 aromatic carbocycles. The molecule has 3 rings (SSSR count). The average molecular weight is 367 g/mol. The zero-order chi connectivity index (χ0) is 19.4. The molecular weight excluding hydrogens is 346 g/mol. The highest BCUT2D eigenvalue weighted by atomic mass is 16.6. The monoisotopic (exact) mass is 367 g/mol. The van der Waals surface area contributed by atoms with Crippen molar-refractivity contribution in [2.75, 3.05) is 14.2 Å². The van der Waals surface area contributed by atoms with E-state index >= 15 is 0 Å². The number of rotatable bonds is 6. The largest absolute Gasteiger partial charge is 0.497 e. The number of methoxy groups -OCH3 is 2. The minimum absolute atomic E-state index is 0.0305. The van der Waals surface area contributed by atoms with Gasteiger partial charge >= 0.3 is 5.97 Å². The maximum absolute atomic E-state index is 12.2. The molecule has 27 heavy (non-hydrogen) atoms. The van der Waals surface area contributed by atoms with Crippen molar-refractivity contribution in [3.8, 4) is 17.2 Å². The standard InChI is InChI=1S/C21H21NO5/c1-13(2)26-18-9-8-14(11-19(18)25-4)10-17-21(23)27-20(22-17)15-6-5-7-16(12-15)24-3/h5-13H,1-4H3. The van der Waals surface area contributed by atoms with Gasteiger partial charge in [0.1, 0.15) is 5.75 Å². The lowest BCUT2D eigenvalue weighted by atomic mass is 10.1. The van der Waals surface area contributed by atoms with E-state index in [0.29, 0.717) is 22.8 Å². The summed E-state index contributed by atoms with van der Waals surface area (Å²) in [5.41, 5.74) is 1.64. The molecule has 0 unspecified atom stereocenters. The van der Waals surface area contributed by atoms with Crippen LogP contribution in [-0.2, 0) is 9.53 Å². The number of carbonyl (C=O) groups is 1. The van der Waals surface area contributed by atoms with Gasteiger partial charge in [0.25, 0.3) is 0 Å². The highest BCUT2D eigenvalue weighted by molar-refractivity contribution is 6.13. The number of hydrogen-bond donors (Lipinski definition) is 0.